The van der Waals surface area contributed by atoms with Crippen LogP contribution in [0.5, 0.6) is 5.75 Å². The van der Waals surface area contributed by atoms with Gasteiger partial charge < -0.3 is 26.4 Å². The molecule has 3 amide bonds. The van der Waals surface area contributed by atoms with E-state index in [9.17, 15) is 31.9 Å². The lowest BCUT2D eigenvalue weighted by Crippen LogP contribution is -2.43. The van der Waals surface area contributed by atoms with Crippen molar-refractivity contribution in [1.29, 1.82) is 0 Å². The predicted octanol–water partition coefficient (Wildman–Crippen LogP) is 2.88. The summed E-state index contributed by atoms with van der Waals surface area (Å²) >= 11 is 1.77. The Labute approximate surface area is 210 Å². The number of carbonyl (C=O) groups excluding carboxylic acids is 3. The zero-order chi connectivity index (χ0) is 26.2. The third-order valence-corrected chi connectivity index (χ3v) is 7.68. The van der Waals surface area contributed by atoms with Crippen molar-refractivity contribution in [2.75, 3.05) is 12.3 Å². The smallest absolute Gasteiger partial charge is 0.334 e. The van der Waals surface area contributed by atoms with Crippen molar-refractivity contribution in [2.45, 2.75) is 74.7 Å². The Hall–Kier alpha value is -2.54. The summed E-state index contributed by atoms with van der Waals surface area (Å²) in [6, 6.07) is -1.23. The highest BCUT2D eigenvalue weighted by atomic mass is 32.2. The number of rotatable bonds is 13. The van der Waals surface area contributed by atoms with Gasteiger partial charge in [0.1, 0.15) is 6.04 Å². The zero-order valence-corrected chi connectivity index (χ0v) is 20.4. The first-order chi connectivity index (χ1) is 17.2. The van der Waals surface area contributed by atoms with Gasteiger partial charge in [0, 0.05) is 23.5 Å². The molecule has 0 bridgehead atoms. The molecule has 200 valence electrons. The predicted molar refractivity (Wildman–Crippen MR) is 125 cm³/mol. The molecule has 2 heterocycles. The van der Waals surface area contributed by atoms with Gasteiger partial charge in [-0.15, -0.1) is 0 Å². The van der Waals surface area contributed by atoms with Gasteiger partial charge in [-0.05, 0) is 32.2 Å². The summed E-state index contributed by atoms with van der Waals surface area (Å²) in [5.41, 5.74) is 5.46. The third-order valence-electron chi connectivity index (χ3n) is 6.17. The maximum absolute atomic E-state index is 13.9. The number of hydrogen-bond donors (Lipinski definition) is 4. The van der Waals surface area contributed by atoms with Gasteiger partial charge in [-0.1, -0.05) is 19.3 Å². The van der Waals surface area contributed by atoms with E-state index in [0.717, 1.165) is 18.6 Å². The Morgan fingerprint density at radius 3 is 2.50 bits per heavy atom. The Morgan fingerprint density at radius 2 is 1.81 bits per heavy atom. The number of unbranched alkanes of at least 4 members (excludes halogenated alkanes) is 3. The van der Waals surface area contributed by atoms with Crippen LogP contribution in [0.4, 0.5) is 22.4 Å². The summed E-state index contributed by atoms with van der Waals surface area (Å²) < 4.78 is 59.4. The van der Waals surface area contributed by atoms with Gasteiger partial charge in [-0.25, -0.2) is 18.4 Å². The molecule has 36 heavy (non-hydrogen) atoms. The molecular weight excluding hydrogens is 504 g/mol. The van der Waals surface area contributed by atoms with E-state index in [0.29, 0.717) is 32.2 Å². The molecule has 0 saturated carbocycles. The average molecular weight is 535 g/mol. The third kappa shape index (κ3) is 7.25. The molecule has 4 atom stereocenters. The molecule has 2 saturated heterocycles. The van der Waals surface area contributed by atoms with E-state index in [2.05, 4.69) is 20.7 Å². The lowest BCUT2D eigenvalue weighted by Gasteiger charge is -2.19. The van der Waals surface area contributed by atoms with Gasteiger partial charge in [0.25, 0.3) is 0 Å². The summed E-state index contributed by atoms with van der Waals surface area (Å²) in [5.74, 6) is -9.43. The second-order valence-corrected chi connectivity index (χ2v) is 10.1. The number of urea groups is 1. The number of fused-ring (bicyclic) bond motifs is 1. The maximum atomic E-state index is 13.9. The summed E-state index contributed by atoms with van der Waals surface area (Å²) in [6.07, 6.45) is 4.01. The normalized spacial score (nSPS) is 21.5. The highest BCUT2D eigenvalue weighted by Crippen LogP contribution is 2.33. The van der Waals surface area contributed by atoms with Gasteiger partial charge in [-0.2, -0.15) is 20.5 Å². The molecule has 2 fully saturated rings. The molecule has 1 aromatic rings. The minimum absolute atomic E-state index is 0.00939. The first-order valence-electron chi connectivity index (χ1n) is 11.9. The number of halogens is 4. The molecule has 2 aliphatic heterocycles. The fraction of sp³-hybridized carbons (Fsp3) is 0.609. The SMILES string of the molecule is NCCCCCC(NC(=O)CCCCC1SCC2NC(=O)NC21)C(=O)Oc1c(F)c(F)cc(F)c1F. The lowest BCUT2D eigenvalue weighted by atomic mass is 10.0. The van der Waals surface area contributed by atoms with E-state index in [1.807, 2.05) is 0 Å². The molecular formula is C23H30F4N4O4S. The van der Waals surface area contributed by atoms with Crippen LogP contribution in [0, 0.1) is 23.3 Å². The number of hydrogen-bond acceptors (Lipinski definition) is 6. The molecule has 1 aromatic carbocycles. The first kappa shape index (κ1) is 28.0. The molecule has 3 rings (SSSR count). The number of carbonyl (C=O) groups is 3. The van der Waals surface area contributed by atoms with Crippen LogP contribution in [0.2, 0.25) is 0 Å². The van der Waals surface area contributed by atoms with E-state index < -0.39 is 46.9 Å². The van der Waals surface area contributed by atoms with Crippen molar-refractivity contribution >= 4 is 29.7 Å². The van der Waals surface area contributed by atoms with Crippen molar-refractivity contribution in [1.82, 2.24) is 16.0 Å². The molecule has 4 unspecified atom stereocenters. The van der Waals surface area contributed by atoms with Gasteiger partial charge >= 0.3 is 12.0 Å². The van der Waals surface area contributed by atoms with Crippen LogP contribution >= 0.6 is 11.8 Å². The molecule has 13 heteroatoms. The number of benzene rings is 1. The van der Waals surface area contributed by atoms with Crippen LogP contribution in [-0.4, -0.2) is 53.6 Å². The Bertz CT molecular complexity index is 944. The molecule has 8 nitrogen and oxygen atoms in total. The second kappa shape index (κ2) is 13.1. The van der Waals surface area contributed by atoms with Crippen molar-refractivity contribution in [3.63, 3.8) is 0 Å². The topological polar surface area (TPSA) is 123 Å². The highest BCUT2D eigenvalue weighted by molar-refractivity contribution is 8.00. The Morgan fingerprint density at radius 1 is 1.08 bits per heavy atom. The Kier molecular flexibility index (Phi) is 10.2. The molecule has 0 aromatic heterocycles. The number of nitrogens with two attached hydrogens (primary N) is 1. The van der Waals surface area contributed by atoms with Gasteiger partial charge in [0.05, 0.1) is 12.1 Å². The van der Waals surface area contributed by atoms with Crippen LogP contribution in [0.3, 0.4) is 0 Å². The fourth-order valence-corrected chi connectivity index (χ4v) is 5.82. The van der Waals surface area contributed by atoms with Crippen molar-refractivity contribution in [2.24, 2.45) is 5.73 Å². The van der Waals surface area contributed by atoms with Crippen molar-refractivity contribution in [3.05, 3.63) is 29.3 Å². The molecule has 0 radical (unpaired) electrons. The quantitative estimate of drug-likeness (QED) is 0.0771. The molecule has 5 N–H and O–H groups in total. The van der Waals surface area contributed by atoms with Crippen LogP contribution in [-0.2, 0) is 9.59 Å². The van der Waals surface area contributed by atoms with Crippen LogP contribution in [0.15, 0.2) is 6.07 Å². The monoisotopic (exact) mass is 534 g/mol. The van der Waals surface area contributed by atoms with Crippen LogP contribution < -0.4 is 26.4 Å². The fourth-order valence-electron chi connectivity index (χ4n) is 4.27. The number of thioether (sulfide) groups is 1. The highest BCUT2D eigenvalue weighted by Gasteiger charge is 2.42. The van der Waals surface area contributed by atoms with Gasteiger partial charge in [0.15, 0.2) is 11.6 Å². The van der Waals surface area contributed by atoms with Crippen molar-refractivity contribution in [3.8, 4) is 5.75 Å². The minimum atomic E-state index is -1.84. The van der Waals surface area contributed by atoms with E-state index in [1.165, 1.54) is 0 Å². The molecule has 2 aliphatic rings. The molecule has 0 spiro atoms. The summed E-state index contributed by atoms with van der Waals surface area (Å²) in [6.45, 7) is 0.432. The van der Waals surface area contributed by atoms with Crippen LogP contribution in [0.1, 0.15) is 51.4 Å². The minimum Gasteiger partial charge on any atom is -0.418 e. The zero-order valence-electron chi connectivity index (χ0n) is 19.6. The average Bonchev–Trinajstić information content (AvgIpc) is 3.39. The second-order valence-electron chi connectivity index (χ2n) is 8.84. The van der Waals surface area contributed by atoms with Gasteiger partial charge in [-0.3, -0.25) is 4.79 Å². The first-order valence-corrected chi connectivity index (χ1v) is 13.0. The number of amides is 3. The number of ether oxygens (including phenoxy) is 1. The lowest BCUT2D eigenvalue weighted by molar-refractivity contribution is -0.140. The van der Waals surface area contributed by atoms with Gasteiger partial charge in [0.2, 0.25) is 23.3 Å². The molecule has 0 aliphatic carbocycles. The van der Waals surface area contributed by atoms with E-state index >= 15 is 0 Å². The van der Waals surface area contributed by atoms with E-state index in [4.69, 9.17) is 5.73 Å². The van der Waals surface area contributed by atoms with Crippen molar-refractivity contribution < 1.29 is 36.7 Å². The number of nitrogens with one attached hydrogen (secondary N) is 3. The summed E-state index contributed by atoms with van der Waals surface area (Å²) in [7, 11) is 0. The standard InChI is InChI=1S/C23H30F4N4O4S/c24-12-10-13(25)19(27)21(18(12)26)35-22(33)14(6-2-1-5-9-28)29-17(32)8-4-3-7-16-20-15(11-36-16)30-23(34)31-20/h10,14-16,20H,1-9,11,28H2,(H,29,32)(H2,30,31,34). The summed E-state index contributed by atoms with van der Waals surface area (Å²) in [4.78, 5) is 36.5. The largest absolute Gasteiger partial charge is 0.418 e. The van der Waals surface area contributed by atoms with Crippen LogP contribution in [0.25, 0.3) is 0 Å². The summed E-state index contributed by atoms with van der Waals surface area (Å²) in [5, 5.41) is 8.53. The maximum Gasteiger partial charge on any atom is 0.334 e. The van der Waals surface area contributed by atoms with E-state index in [-0.39, 0.29) is 42.3 Å². The number of esters is 1. The van der Waals surface area contributed by atoms with E-state index in [1.54, 1.807) is 11.8 Å². The Balaban J connectivity index is 1.52.